The highest BCUT2D eigenvalue weighted by molar-refractivity contribution is 9.10. The third-order valence-electron chi connectivity index (χ3n) is 4.47. The minimum atomic E-state index is -0.135. The van der Waals surface area contributed by atoms with E-state index in [0.29, 0.717) is 24.5 Å². The fourth-order valence-corrected chi connectivity index (χ4v) is 3.58. The number of carbonyl (C=O) groups is 1. The molecule has 0 aliphatic rings. The predicted molar refractivity (Wildman–Crippen MR) is 113 cm³/mol. The number of hydrogen-bond donors (Lipinski definition) is 2. The fourth-order valence-electron chi connectivity index (χ4n) is 3.10. The zero-order chi connectivity index (χ0) is 19.2. The molecule has 0 spiro atoms. The van der Waals surface area contributed by atoms with Gasteiger partial charge in [0.05, 0.1) is 0 Å². The summed E-state index contributed by atoms with van der Waals surface area (Å²) in [6.07, 6.45) is 0. The molecule has 3 aromatic carbocycles. The van der Waals surface area contributed by atoms with Crippen molar-refractivity contribution >= 4 is 32.6 Å². The Bertz CT molecular complexity index is 937. The molecule has 3 aromatic rings. The van der Waals surface area contributed by atoms with Gasteiger partial charge in [0.15, 0.2) is 0 Å². The SMILES string of the molecule is CNC(=O)c1cc(Br)cc(OCCN[C@H](C)c2cccc3ccccc23)c1. The zero-order valence-electron chi connectivity index (χ0n) is 15.5. The summed E-state index contributed by atoms with van der Waals surface area (Å²) in [6, 6.07) is 20.4. The van der Waals surface area contributed by atoms with E-state index in [4.69, 9.17) is 4.74 Å². The van der Waals surface area contributed by atoms with E-state index in [0.717, 1.165) is 4.47 Å². The molecule has 5 heteroatoms. The second-order valence-electron chi connectivity index (χ2n) is 6.35. The maximum Gasteiger partial charge on any atom is 0.251 e. The number of fused-ring (bicyclic) bond motifs is 1. The van der Waals surface area contributed by atoms with E-state index in [1.165, 1.54) is 16.3 Å². The van der Waals surface area contributed by atoms with Gasteiger partial charge in [-0.1, -0.05) is 58.4 Å². The van der Waals surface area contributed by atoms with E-state index in [1.807, 2.05) is 6.07 Å². The molecule has 0 aliphatic heterocycles. The summed E-state index contributed by atoms with van der Waals surface area (Å²) >= 11 is 3.42. The Kier molecular flexibility index (Phi) is 6.48. The van der Waals surface area contributed by atoms with Crippen LogP contribution < -0.4 is 15.4 Å². The number of carbonyl (C=O) groups excluding carboxylic acids is 1. The molecule has 0 saturated carbocycles. The molecule has 0 saturated heterocycles. The van der Waals surface area contributed by atoms with Crippen LogP contribution >= 0.6 is 15.9 Å². The van der Waals surface area contributed by atoms with Crippen LogP contribution in [0.15, 0.2) is 65.1 Å². The van der Waals surface area contributed by atoms with Gasteiger partial charge in [-0.15, -0.1) is 0 Å². The van der Waals surface area contributed by atoms with Crippen LogP contribution in [-0.4, -0.2) is 26.1 Å². The van der Waals surface area contributed by atoms with Gasteiger partial charge in [-0.3, -0.25) is 4.79 Å². The van der Waals surface area contributed by atoms with Crippen molar-refractivity contribution in [2.24, 2.45) is 0 Å². The normalized spacial score (nSPS) is 12.0. The lowest BCUT2D eigenvalue weighted by Gasteiger charge is -2.17. The summed E-state index contributed by atoms with van der Waals surface area (Å²) in [6.45, 7) is 3.37. The van der Waals surface area contributed by atoms with Gasteiger partial charge in [0.25, 0.3) is 5.91 Å². The van der Waals surface area contributed by atoms with Gasteiger partial charge in [0.1, 0.15) is 12.4 Å². The van der Waals surface area contributed by atoms with Gasteiger partial charge < -0.3 is 15.4 Å². The van der Waals surface area contributed by atoms with Crippen LogP contribution in [0.4, 0.5) is 0 Å². The molecule has 27 heavy (non-hydrogen) atoms. The first-order chi connectivity index (χ1) is 13.1. The van der Waals surface area contributed by atoms with E-state index >= 15 is 0 Å². The molecule has 0 bridgehead atoms. The van der Waals surface area contributed by atoms with Crippen molar-refractivity contribution < 1.29 is 9.53 Å². The standard InChI is InChI=1S/C22H23BrN2O2/c1-15(20-9-5-7-16-6-3-4-8-21(16)20)25-10-11-27-19-13-17(22(26)24-2)12-18(23)14-19/h3-9,12-15,25H,10-11H2,1-2H3,(H,24,26)/t15-/m1/s1. The Hall–Kier alpha value is -2.37. The van der Waals surface area contributed by atoms with Gasteiger partial charge in [-0.25, -0.2) is 0 Å². The van der Waals surface area contributed by atoms with Crippen molar-refractivity contribution in [2.45, 2.75) is 13.0 Å². The van der Waals surface area contributed by atoms with E-state index in [-0.39, 0.29) is 11.9 Å². The van der Waals surface area contributed by atoms with Gasteiger partial charge in [-0.2, -0.15) is 0 Å². The molecule has 4 nitrogen and oxygen atoms in total. The lowest BCUT2D eigenvalue weighted by Crippen LogP contribution is -2.24. The average molecular weight is 427 g/mol. The highest BCUT2D eigenvalue weighted by atomic mass is 79.9. The van der Waals surface area contributed by atoms with E-state index in [9.17, 15) is 4.79 Å². The molecular formula is C22H23BrN2O2. The Morgan fingerprint density at radius 2 is 1.89 bits per heavy atom. The van der Waals surface area contributed by atoms with Crippen molar-refractivity contribution in [1.82, 2.24) is 10.6 Å². The molecular weight excluding hydrogens is 404 g/mol. The maximum atomic E-state index is 11.8. The second kappa shape index (κ2) is 9.02. The molecule has 2 N–H and O–H groups in total. The van der Waals surface area contributed by atoms with E-state index < -0.39 is 0 Å². The van der Waals surface area contributed by atoms with Gasteiger partial charge in [0.2, 0.25) is 0 Å². The number of nitrogens with one attached hydrogen (secondary N) is 2. The van der Waals surface area contributed by atoms with Crippen molar-refractivity contribution in [3.05, 3.63) is 76.3 Å². The van der Waals surface area contributed by atoms with Crippen LogP contribution in [-0.2, 0) is 0 Å². The number of amides is 1. The maximum absolute atomic E-state index is 11.8. The van der Waals surface area contributed by atoms with E-state index in [1.54, 1.807) is 19.2 Å². The number of benzene rings is 3. The molecule has 0 heterocycles. The zero-order valence-corrected chi connectivity index (χ0v) is 17.0. The van der Waals surface area contributed by atoms with Gasteiger partial charge in [-0.05, 0) is 41.5 Å². The van der Waals surface area contributed by atoms with Crippen molar-refractivity contribution in [3.63, 3.8) is 0 Å². The minimum Gasteiger partial charge on any atom is -0.492 e. The summed E-state index contributed by atoms with van der Waals surface area (Å²) in [5.41, 5.74) is 1.84. The highest BCUT2D eigenvalue weighted by Gasteiger charge is 2.09. The number of hydrogen-bond acceptors (Lipinski definition) is 3. The Balaban J connectivity index is 1.59. The number of ether oxygens (including phenoxy) is 1. The summed E-state index contributed by atoms with van der Waals surface area (Å²) in [5.74, 6) is 0.534. The van der Waals surface area contributed by atoms with Crippen LogP contribution in [0.2, 0.25) is 0 Å². The molecule has 1 atom stereocenters. The Morgan fingerprint density at radius 3 is 2.70 bits per heavy atom. The van der Waals surface area contributed by atoms with Crippen LogP contribution in [0.25, 0.3) is 10.8 Å². The summed E-state index contributed by atoms with van der Waals surface area (Å²) < 4.78 is 6.64. The van der Waals surface area contributed by atoms with Crippen LogP contribution in [0.1, 0.15) is 28.9 Å². The molecule has 0 fully saturated rings. The number of rotatable bonds is 7. The fraction of sp³-hybridized carbons (Fsp3) is 0.227. The first-order valence-electron chi connectivity index (χ1n) is 8.95. The number of halogens is 1. The molecule has 3 rings (SSSR count). The molecule has 0 aliphatic carbocycles. The van der Waals surface area contributed by atoms with Crippen LogP contribution in [0, 0.1) is 0 Å². The average Bonchev–Trinajstić information content (AvgIpc) is 2.69. The smallest absolute Gasteiger partial charge is 0.251 e. The Labute approximate surface area is 168 Å². The monoisotopic (exact) mass is 426 g/mol. The van der Waals surface area contributed by atoms with Crippen LogP contribution in [0.3, 0.4) is 0 Å². The Morgan fingerprint density at radius 1 is 1.11 bits per heavy atom. The van der Waals surface area contributed by atoms with Gasteiger partial charge >= 0.3 is 0 Å². The van der Waals surface area contributed by atoms with Gasteiger partial charge in [0, 0.05) is 29.7 Å². The van der Waals surface area contributed by atoms with Crippen LogP contribution in [0.5, 0.6) is 5.75 Å². The quantitative estimate of drug-likeness (QED) is 0.538. The molecule has 1 amide bonds. The largest absolute Gasteiger partial charge is 0.492 e. The highest BCUT2D eigenvalue weighted by Crippen LogP contribution is 2.24. The lowest BCUT2D eigenvalue weighted by atomic mass is 10.00. The van der Waals surface area contributed by atoms with Crippen molar-refractivity contribution in [2.75, 3.05) is 20.2 Å². The summed E-state index contributed by atoms with van der Waals surface area (Å²) in [5, 5.41) is 8.64. The third kappa shape index (κ3) is 4.87. The van der Waals surface area contributed by atoms with Crippen molar-refractivity contribution in [1.29, 1.82) is 0 Å². The van der Waals surface area contributed by atoms with E-state index in [2.05, 4.69) is 76.0 Å². The summed E-state index contributed by atoms with van der Waals surface area (Å²) in [4.78, 5) is 11.8. The van der Waals surface area contributed by atoms with Crippen molar-refractivity contribution in [3.8, 4) is 5.75 Å². The third-order valence-corrected chi connectivity index (χ3v) is 4.93. The molecule has 0 radical (unpaired) electrons. The summed E-state index contributed by atoms with van der Waals surface area (Å²) in [7, 11) is 1.61. The topological polar surface area (TPSA) is 50.4 Å². The first kappa shape index (κ1) is 19.4. The predicted octanol–water partition coefficient (Wildman–Crippen LogP) is 4.69. The molecule has 0 unspecified atom stereocenters. The first-order valence-corrected chi connectivity index (χ1v) is 9.74. The molecule has 140 valence electrons. The minimum absolute atomic E-state index is 0.135. The molecule has 0 aromatic heterocycles. The second-order valence-corrected chi connectivity index (χ2v) is 7.26. The lowest BCUT2D eigenvalue weighted by molar-refractivity contribution is 0.0962.